The molecule has 0 saturated heterocycles. The number of hydrazone groups is 1. The molecule has 2 amide bonds. The van der Waals surface area contributed by atoms with E-state index in [1.165, 1.54) is 24.5 Å². The van der Waals surface area contributed by atoms with Crippen molar-refractivity contribution in [2.24, 2.45) is 5.10 Å². The molecule has 1 N–H and O–H groups in total. The first kappa shape index (κ1) is 10.9. The van der Waals surface area contributed by atoms with E-state index in [1.54, 1.807) is 6.08 Å². The van der Waals surface area contributed by atoms with Gasteiger partial charge in [-0.15, -0.1) is 0 Å². The fourth-order valence-electron chi connectivity index (χ4n) is 1.17. The van der Waals surface area contributed by atoms with Crippen molar-refractivity contribution in [1.29, 1.82) is 0 Å². The summed E-state index contributed by atoms with van der Waals surface area (Å²) in [6, 6.07) is 2.24. The average molecular weight is 236 g/mol. The van der Waals surface area contributed by atoms with Crippen LogP contribution in [0.5, 0.6) is 0 Å². The zero-order valence-corrected chi connectivity index (χ0v) is 8.57. The summed E-state index contributed by atoms with van der Waals surface area (Å²) in [6.45, 7) is 0.455. The Morgan fingerprint density at radius 2 is 2.41 bits per heavy atom. The lowest BCUT2D eigenvalue weighted by molar-refractivity contribution is -0.402. The van der Waals surface area contributed by atoms with Crippen LogP contribution in [0.15, 0.2) is 33.9 Å². The van der Waals surface area contributed by atoms with E-state index in [2.05, 4.69) is 10.4 Å². The van der Waals surface area contributed by atoms with E-state index in [9.17, 15) is 14.9 Å². The molecule has 0 bridgehead atoms. The molecule has 8 nitrogen and oxygen atoms in total. The molecule has 2 heterocycles. The normalized spacial score (nSPS) is 15.3. The molecule has 0 atom stereocenters. The maximum Gasteiger partial charge on any atom is 0.433 e. The molecule has 0 spiro atoms. The Labute approximate surface area is 95.3 Å². The second-order valence-corrected chi connectivity index (χ2v) is 3.09. The van der Waals surface area contributed by atoms with Gasteiger partial charge in [0.2, 0.25) is 0 Å². The molecular weight excluding hydrogens is 228 g/mol. The van der Waals surface area contributed by atoms with E-state index in [1.807, 2.05) is 0 Å². The van der Waals surface area contributed by atoms with Crippen molar-refractivity contribution < 1.29 is 14.1 Å². The van der Waals surface area contributed by atoms with Crippen LogP contribution in [0.2, 0.25) is 0 Å². The van der Waals surface area contributed by atoms with E-state index in [4.69, 9.17) is 4.42 Å². The Balaban J connectivity index is 2.09. The number of amides is 2. The van der Waals surface area contributed by atoms with Crippen LogP contribution >= 0.6 is 0 Å². The third kappa shape index (κ3) is 2.48. The molecule has 1 aromatic rings. The molecule has 0 aromatic carbocycles. The largest absolute Gasteiger partial charge is 0.433 e. The third-order valence-electron chi connectivity index (χ3n) is 1.93. The summed E-state index contributed by atoms with van der Waals surface area (Å²) >= 11 is 0. The van der Waals surface area contributed by atoms with Crippen molar-refractivity contribution in [2.75, 3.05) is 6.54 Å². The summed E-state index contributed by atoms with van der Waals surface area (Å²) in [4.78, 5) is 20.9. The van der Waals surface area contributed by atoms with Gasteiger partial charge in [-0.1, -0.05) is 0 Å². The predicted molar refractivity (Wildman–Crippen MR) is 57.3 cm³/mol. The number of carbonyl (C=O) groups is 1. The fourth-order valence-corrected chi connectivity index (χ4v) is 1.17. The SMILES string of the molecule is O=C1NCC=CN1N=Cc1ccc([N+](=O)[O-])o1. The van der Waals surface area contributed by atoms with Gasteiger partial charge < -0.3 is 9.73 Å². The third-order valence-corrected chi connectivity index (χ3v) is 1.93. The van der Waals surface area contributed by atoms with Crippen molar-refractivity contribution >= 4 is 18.1 Å². The number of nitrogens with zero attached hydrogens (tertiary/aromatic N) is 3. The second-order valence-electron chi connectivity index (χ2n) is 3.09. The van der Waals surface area contributed by atoms with Crippen LogP contribution < -0.4 is 5.32 Å². The molecule has 0 unspecified atom stereocenters. The van der Waals surface area contributed by atoms with Crippen LogP contribution in [0, 0.1) is 10.1 Å². The summed E-state index contributed by atoms with van der Waals surface area (Å²) in [6.07, 6.45) is 4.43. The lowest BCUT2D eigenvalue weighted by Gasteiger charge is -2.15. The number of rotatable bonds is 3. The smallest absolute Gasteiger partial charge is 0.400 e. The topological polar surface area (TPSA) is 101 Å². The number of carbonyl (C=O) groups excluding carboxylic acids is 1. The average Bonchev–Trinajstić information content (AvgIpc) is 2.77. The van der Waals surface area contributed by atoms with Crippen LogP contribution in [-0.2, 0) is 0 Å². The maximum absolute atomic E-state index is 11.2. The molecule has 1 aromatic heterocycles. The van der Waals surface area contributed by atoms with E-state index >= 15 is 0 Å². The fraction of sp³-hybridized carbons (Fsp3) is 0.111. The van der Waals surface area contributed by atoms with Crippen molar-refractivity contribution in [1.82, 2.24) is 10.3 Å². The van der Waals surface area contributed by atoms with Gasteiger partial charge in [0.15, 0.2) is 5.76 Å². The molecule has 0 saturated carbocycles. The molecule has 1 aliphatic heterocycles. The van der Waals surface area contributed by atoms with Crippen LogP contribution in [0.1, 0.15) is 5.76 Å². The number of furan rings is 1. The van der Waals surface area contributed by atoms with Gasteiger partial charge in [0.1, 0.15) is 4.92 Å². The molecule has 88 valence electrons. The summed E-state index contributed by atoms with van der Waals surface area (Å²) in [5.74, 6) is -0.173. The number of nitrogens with one attached hydrogen (secondary N) is 1. The highest BCUT2D eigenvalue weighted by Crippen LogP contribution is 2.14. The summed E-state index contributed by atoms with van der Waals surface area (Å²) in [5.41, 5.74) is 0. The minimum Gasteiger partial charge on any atom is -0.400 e. The van der Waals surface area contributed by atoms with Gasteiger partial charge in [-0.25, -0.2) is 4.79 Å². The molecule has 8 heteroatoms. The molecule has 0 fully saturated rings. The van der Waals surface area contributed by atoms with E-state index in [0.717, 1.165) is 5.01 Å². The summed E-state index contributed by atoms with van der Waals surface area (Å²) in [7, 11) is 0. The lowest BCUT2D eigenvalue weighted by atomic mass is 10.5. The molecule has 1 aliphatic rings. The molecule has 17 heavy (non-hydrogen) atoms. The van der Waals surface area contributed by atoms with Crippen molar-refractivity contribution in [3.63, 3.8) is 0 Å². The molecule has 0 aliphatic carbocycles. The quantitative estimate of drug-likeness (QED) is 0.481. The highest BCUT2D eigenvalue weighted by atomic mass is 16.6. The minimum atomic E-state index is -0.648. The Morgan fingerprint density at radius 3 is 3.06 bits per heavy atom. The zero-order valence-electron chi connectivity index (χ0n) is 8.57. The first-order valence-corrected chi connectivity index (χ1v) is 4.69. The Bertz CT molecular complexity index is 505. The van der Waals surface area contributed by atoms with Gasteiger partial charge in [0.05, 0.1) is 12.3 Å². The molecule has 0 radical (unpaired) electrons. The Kier molecular flexibility index (Phi) is 2.86. The van der Waals surface area contributed by atoms with E-state index < -0.39 is 4.92 Å². The molecular formula is C9H8N4O4. The Morgan fingerprint density at radius 1 is 1.59 bits per heavy atom. The van der Waals surface area contributed by atoms with Crippen molar-refractivity contribution in [2.45, 2.75) is 0 Å². The van der Waals surface area contributed by atoms with Gasteiger partial charge in [-0.05, 0) is 12.1 Å². The van der Waals surface area contributed by atoms with Gasteiger partial charge in [-0.2, -0.15) is 10.1 Å². The van der Waals surface area contributed by atoms with E-state index in [0.29, 0.717) is 6.54 Å². The standard InChI is InChI=1S/C9H8N4O4/c14-9-10-4-1-5-12(9)11-6-7-2-3-8(17-7)13(15)16/h1-3,5-6H,4H2,(H,10,14). The van der Waals surface area contributed by atoms with Gasteiger partial charge in [0.25, 0.3) is 0 Å². The van der Waals surface area contributed by atoms with Crippen molar-refractivity contribution in [3.05, 3.63) is 40.3 Å². The molecule has 2 rings (SSSR count). The van der Waals surface area contributed by atoms with Gasteiger partial charge >= 0.3 is 11.9 Å². The first-order valence-electron chi connectivity index (χ1n) is 4.69. The number of nitro groups is 1. The Hall–Kier alpha value is -2.64. The summed E-state index contributed by atoms with van der Waals surface area (Å²) < 4.78 is 4.84. The number of urea groups is 1. The summed E-state index contributed by atoms with van der Waals surface area (Å²) in [5, 5.41) is 17.8. The van der Waals surface area contributed by atoms with Crippen LogP contribution in [-0.4, -0.2) is 28.7 Å². The van der Waals surface area contributed by atoms with Gasteiger partial charge in [0, 0.05) is 12.7 Å². The number of hydrogen-bond acceptors (Lipinski definition) is 5. The van der Waals surface area contributed by atoms with Crippen LogP contribution in [0.25, 0.3) is 0 Å². The highest BCUT2D eigenvalue weighted by Gasteiger charge is 2.13. The van der Waals surface area contributed by atoms with Crippen molar-refractivity contribution in [3.8, 4) is 0 Å². The second kappa shape index (κ2) is 4.47. The maximum atomic E-state index is 11.2. The van der Waals surface area contributed by atoms with Crippen LogP contribution in [0.3, 0.4) is 0 Å². The minimum absolute atomic E-state index is 0.198. The number of hydrogen-bond donors (Lipinski definition) is 1. The predicted octanol–water partition coefficient (Wildman–Crippen LogP) is 1.06. The van der Waals surface area contributed by atoms with Gasteiger partial charge in [-0.3, -0.25) is 10.1 Å². The highest BCUT2D eigenvalue weighted by molar-refractivity contribution is 5.80. The lowest BCUT2D eigenvalue weighted by Crippen LogP contribution is -2.36. The monoisotopic (exact) mass is 236 g/mol. The zero-order chi connectivity index (χ0) is 12.3. The van der Waals surface area contributed by atoms with Crippen LogP contribution in [0.4, 0.5) is 10.7 Å². The first-order chi connectivity index (χ1) is 8.16. The van der Waals surface area contributed by atoms with E-state index in [-0.39, 0.29) is 17.7 Å².